The molecule has 1 aromatic rings. The van der Waals surface area contributed by atoms with Gasteiger partial charge in [-0.05, 0) is 25.3 Å². The second-order valence-electron chi connectivity index (χ2n) is 4.37. The molecule has 0 aliphatic rings. The average molecular weight is 208 g/mol. The summed E-state index contributed by atoms with van der Waals surface area (Å²) in [4.78, 5) is 4.05. The molecule has 1 unspecified atom stereocenters. The molecule has 0 spiro atoms. The molecule has 0 fully saturated rings. The van der Waals surface area contributed by atoms with Gasteiger partial charge in [0.15, 0.2) is 0 Å². The van der Waals surface area contributed by atoms with Gasteiger partial charge < -0.3 is 10.4 Å². The summed E-state index contributed by atoms with van der Waals surface area (Å²) in [5.74, 6) is 0.668. The Labute approximate surface area is 91.5 Å². The molecule has 3 heteroatoms. The highest BCUT2D eigenvalue weighted by molar-refractivity contribution is 5.49. The van der Waals surface area contributed by atoms with Crippen molar-refractivity contribution in [1.82, 2.24) is 4.98 Å². The first kappa shape index (κ1) is 12.0. The van der Waals surface area contributed by atoms with E-state index in [1.165, 1.54) is 0 Å². The molecule has 0 bridgehead atoms. The van der Waals surface area contributed by atoms with Gasteiger partial charge in [-0.1, -0.05) is 13.8 Å². The van der Waals surface area contributed by atoms with Crippen LogP contribution in [0.1, 0.15) is 32.8 Å². The van der Waals surface area contributed by atoms with E-state index in [4.69, 9.17) is 5.11 Å². The number of aromatic nitrogens is 1. The Morgan fingerprint density at radius 3 is 2.73 bits per heavy atom. The van der Waals surface area contributed by atoms with Crippen molar-refractivity contribution in [3.05, 3.63) is 24.0 Å². The van der Waals surface area contributed by atoms with Crippen molar-refractivity contribution in [2.45, 2.75) is 39.8 Å². The molecule has 0 radical (unpaired) electrons. The number of nitrogens with zero attached hydrogens (tertiary/aromatic N) is 1. The first-order chi connectivity index (χ1) is 7.13. The minimum absolute atomic E-state index is 0.0548. The van der Waals surface area contributed by atoms with E-state index in [0.29, 0.717) is 12.0 Å². The van der Waals surface area contributed by atoms with Gasteiger partial charge >= 0.3 is 0 Å². The van der Waals surface area contributed by atoms with Crippen LogP contribution in [0, 0.1) is 5.92 Å². The van der Waals surface area contributed by atoms with Crippen molar-refractivity contribution in [3.8, 4) is 0 Å². The maximum absolute atomic E-state index is 9.15. The first-order valence-corrected chi connectivity index (χ1v) is 5.43. The summed E-state index contributed by atoms with van der Waals surface area (Å²) in [6.45, 7) is 6.61. The summed E-state index contributed by atoms with van der Waals surface area (Å²) in [5, 5.41) is 12.5. The number of hydrogen-bond acceptors (Lipinski definition) is 3. The second kappa shape index (κ2) is 5.71. The predicted octanol–water partition coefficient (Wildman–Crippen LogP) is 2.42. The van der Waals surface area contributed by atoms with Crippen molar-refractivity contribution in [3.63, 3.8) is 0 Å². The van der Waals surface area contributed by atoms with Crippen LogP contribution in [0.5, 0.6) is 0 Å². The van der Waals surface area contributed by atoms with Crippen LogP contribution >= 0.6 is 0 Å². The largest absolute Gasteiger partial charge is 0.392 e. The summed E-state index contributed by atoms with van der Waals surface area (Å²) >= 11 is 0. The van der Waals surface area contributed by atoms with Crippen molar-refractivity contribution >= 4 is 5.69 Å². The maximum Gasteiger partial charge on any atom is 0.0703 e. The third-order valence-electron chi connectivity index (χ3n) is 2.31. The number of pyridine rings is 1. The van der Waals surface area contributed by atoms with Crippen LogP contribution in [0.2, 0.25) is 0 Å². The molecule has 1 atom stereocenters. The fraction of sp³-hybridized carbons (Fsp3) is 0.583. The molecule has 2 N–H and O–H groups in total. The fourth-order valence-electron chi connectivity index (χ4n) is 1.72. The van der Waals surface area contributed by atoms with Crippen LogP contribution in [0.25, 0.3) is 0 Å². The highest BCUT2D eigenvalue weighted by Gasteiger charge is 2.07. The SMILES string of the molecule is CC(C)CC(C)Nc1cnccc1CO. The molecule has 0 aliphatic carbocycles. The van der Waals surface area contributed by atoms with Crippen LogP contribution in [0.4, 0.5) is 5.69 Å². The van der Waals surface area contributed by atoms with Crippen molar-refractivity contribution in [2.75, 3.05) is 5.32 Å². The van der Waals surface area contributed by atoms with Crippen molar-refractivity contribution in [1.29, 1.82) is 0 Å². The zero-order chi connectivity index (χ0) is 11.3. The van der Waals surface area contributed by atoms with E-state index in [9.17, 15) is 0 Å². The normalized spacial score (nSPS) is 12.9. The first-order valence-electron chi connectivity index (χ1n) is 5.43. The number of aliphatic hydroxyl groups excluding tert-OH is 1. The van der Waals surface area contributed by atoms with Crippen LogP contribution in [0.3, 0.4) is 0 Å². The fourth-order valence-corrected chi connectivity index (χ4v) is 1.72. The maximum atomic E-state index is 9.15. The molecule has 0 saturated heterocycles. The molecule has 3 nitrogen and oxygen atoms in total. The summed E-state index contributed by atoms with van der Waals surface area (Å²) in [6.07, 6.45) is 4.58. The number of nitrogens with one attached hydrogen (secondary N) is 1. The van der Waals surface area contributed by atoms with E-state index < -0.39 is 0 Å². The van der Waals surface area contributed by atoms with Gasteiger partial charge in [0.05, 0.1) is 18.5 Å². The molecular weight excluding hydrogens is 188 g/mol. The van der Waals surface area contributed by atoms with Gasteiger partial charge in [-0.3, -0.25) is 4.98 Å². The Hall–Kier alpha value is -1.09. The standard InChI is InChI=1S/C12H20N2O/c1-9(2)6-10(3)14-12-7-13-5-4-11(12)8-15/h4-5,7,9-10,14-15H,6,8H2,1-3H3. The smallest absolute Gasteiger partial charge is 0.0703 e. The van der Waals surface area contributed by atoms with Crippen LogP contribution in [0.15, 0.2) is 18.5 Å². The van der Waals surface area contributed by atoms with Gasteiger partial charge in [-0.2, -0.15) is 0 Å². The summed E-state index contributed by atoms with van der Waals surface area (Å²) < 4.78 is 0. The van der Waals surface area contributed by atoms with Crippen molar-refractivity contribution < 1.29 is 5.11 Å². The lowest BCUT2D eigenvalue weighted by atomic mass is 10.0. The van der Waals surface area contributed by atoms with E-state index >= 15 is 0 Å². The van der Waals surface area contributed by atoms with E-state index in [2.05, 4.69) is 31.1 Å². The van der Waals surface area contributed by atoms with E-state index in [-0.39, 0.29) is 6.61 Å². The van der Waals surface area contributed by atoms with E-state index in [1.807, 2.05) is 6.07 Å². The third-order valence-corrected chi connectivity index (χ3v) is 2.31. The van der Waals surface area contributed by atoms with Gasteiger partial charge in [0.25, 0.3) is 0 Å². The Morgan fingerprint density at radius 2 is 2.13 bits per heavy atom. The van der Waals surface area contributed by atoms with Gasteiger partial charge in [0.1, 0.15) is 0 Å². The molecule has 1 rings (SSSR count). The van der Waals surface area contributed by atoms with Gasteiger partial charge in [-0.25, -0.2) is 0 Å². The Balaban J connectivity index is 2.63. The minimum atomic E-state index is 0.0548. The van der Waals surface area contributed by atoms with Gasteiger partial charge in [0, 0.05) is 17.8 Å². The Morgan fingerprint density at radius 1 is 1.40 bits per heavy atom. The summed E-state index contributed by atoms with van der Waals surface area (Å²) in [7, 11) is 0. The lowest BCUT2D eigenvalue weighted by molar-refractivity contribution is 0.282. The summed E-state index contributed by atoms with van der Waals surface area (Å²) in [5.41, 5.74) is 1.84. The minimum Gasteiger partial charge on any atom is -0.392 e. The van der Waals surface area contributed by atoms with Gasteiger partial charge in [0.2, 0.25) is 0 Å². The highest BCUT2D eigenvalue weighted by atomic mass is 16.3. The molecule has 1 aromatic heterocycles. The van der Waals surface area contributed by atoms with Crippen LogP contribution in [-0.4, -0.2) is 16.1 Å². The van der Waals surface area contributed by atoms with E-state index in [1.54, 1.807) is 12.4 Å². The third kappa shape index (κ3) is 3.88. The Bertz CT molecular complexity index is 299. The zero-order valence-corrected chi connectivity index (χ0v) is 9.70. The molecule has 0 amide bonds. The molecule has 0 aliphatic heterocycles. The molecule has 0 aromatic carbocycles. The van der Waals surface area contributed by atoms with Crippen molar-refractivity contribution in [2.24, 2.45) is 5.92 Å². The highest BCUT2D eigenvalue weighted by Crippen LogP contribution is 2.16. The van der Waals surface area contributed by atoms with E-state index in [0.717, 1.165) is 17.7 Å². The lowest BCUT2D eigenvalue weighted by Crippen LogP contribution is -2.18. The molecule has 15 heavy (non-hydrogen) atoms. The monoisotopic (exact) mass is 208 g/mol. The average Bonchev–Trinajstić information content (AvgIpc) is 2.17. The number of aliphatic hydroxyl groups is 1. The van der Waals surface area contributed by atoms with Crippen LogP contribution < -0.4 is 5.32 Å². The van der Waals surface area contributed by atoms with Gasteiger partial charge in [-0.15, -0.1) is 0 Å². The quantitative estimate of drug-likeness (QED) is 0.781. The molecular formula is C12H20N2O. The number of anilines is 1. The predicted molar refractivity (Wildman–Crippen MR) is 62.7 cm³/mol. The lowest BCUT2D eigenvalue weighted by Gasteiger charge is -2.18. The second-order valence-corrected chi connectivity index (χ2v) is 4.37. The topological polar surface area (TPSA) is 45.2 Å². The molecule has 1 heterocycles. The molecule has 84 valence electrons. The zero-order valence-electron chi connectivity index (χ0n) is 9.70. The number of hydrogen-bond donors (Lipinski definition) is 2. The number of rotatable bonds is 5. The Kier molecular flexibility index (Phi) is 4.56. The summed E-state index contributed by atoms with van der Waals surface area (Å²) in [6, 6.07) is 2.24. The van der Waals surface area contributed by atoms with Crippen LogP contribution in [-0.2, 0) is 6.61 Å². The molecule has 0 saturated carbocycles.